The molecule has 0 bridgehead atoms. The predicted octanol–water partition coefficient (Wildman–Crippen LogP) is 1.82. The van der Waals surface area contributed by atoms with Gasteiger partial charge in [0, 0.05) is 45.5 Å². The smallest absolute Gasteiger partial charge is 0.262 e. The number of piperazine rings is 1. The molecule has 3 heterocycles. The Kier molecular flexibility index (Phi) is 7.16. The molecule has 10 heteroatoms. The Hall–Kier alpha value is -2.69. The van der Waals surface area contributed by atoms with E-state index in [1.165, 1.54) is 6.20 Å². The SMILES string of the molecule is Cc1ccc(C)c(S(=O)(=O)Nc2cc(C(=O)NCC3CCCO3)cnc2N2CCNCC2)c1. The molecule has 1 aromatic carbocycles. The van der Waals surface area contributed by atoms with Crippen LogP contribution in [0, 0.1) is 13.8 Å². The minimum atomic E-state index is -3.88. The van der Waals surface area contributed by atoms with Gasteiger partial charge in [0.1, 0.15) is 0 Å². The molecule has 0 aliphatic carbocycles. The van der Waals surface area contributed by atoms with E-state index in [-0.39, 0.29) is 16.9 Å². The minimum absolute atomic E-state index is 0.0179. The van der Waals surface area contributed by atoms with Crippen molar-refractivity contribution in [1.29, 1.82) is 0 Å². The molecule has 1 amide bonds. The zero-order valence-electron chi connectivity index (χ0n) is 19.1. The molecule has 33 heavy (non-hydrogen) atoms. The molecular formula is C23H31N5O4S. The number of sulfonamides is 1. The van der Waals surface area contributed by atoms with Gasteiger partial charge in [-0.25, -0.2) is 13.4 Å². The highest BCUT2D eigenvalue weighted by atomic mass is 32.2. The van der Waals surface area contributed by atoms with E-state index >= 15 is 0 Å². The number of nitrogens with zero attached hydrogens (tertiary/aromatic N) is 2. The van der Waals surface area contributed by atoms with Gasteiger partial charge in [0.05, 0.1) is 22.3 Å². The van der Waals surface area contributed by atoms with E-state index in [1.807, 2.05) is 17.9 Å². The van der Waals surface area contributed by atoms with E-state index in [0.717, 1.165) is 31.5 Å². The number of anilines is 2. The predicted molar refractivity (Wildman–Crippen MR) is 127 cm³/mol. The van der Waals surface area contributed by atoms with Crippen molar-refractivity contribution in [2.45, 2.75) is 37.7 Å². The van der Waals surface area contributed by atoms with Crippen molar-refractivity contribution in [3.05, 3.63) is 47.2 Å². The van der Waals surface area contributed by atoms with Gasteiger partial charge in [-0.1, -0.05) is 12.1 Å². The molecule has 2 fully saturated rings. The third-order valence-electron chi connectivity index (χ3n) is 5.94. The molecule has 1 atom stereocenters. The summed E-state index contributed by atoms with van der Waals surface area (Å²) in [5, 5.41) is 6.15. The lowest BCUT2D eigenvalue weighted by molar-refractivity contribution is 0.0857. The van der Waals surface area contributed by atoms with Gasteiger partial charge in [-0.15, -0.1) is 0 Å². The molecule has 2 aliphatic heterocycles. The molecule has 3 N–H and O–H groups in total. The van der Waals surface area contributed by atoms with Gasteiger partial charge in [-0.3, -0.25) is 9.52 Å². The zero-order chi connectivity index (χ0) is 23.4. The van der Waals surface area contributed by atoms with Crippen molar-refractivity contribution in [2.24, 2.45) is 0 Å². The van der Waals surface area contributed by atoms with Gasteiger partial charge in [0.25, 0.3) is 15.9 Å². The molecule has 0 radical (unpaired) electrons. The molecular weight excluding hydrogens is 442 g/mol. The molecule has 9 nitrogen and oxygen atoms in total. The Bertz CT molecular complexity index is 1110. The van der Waals surface area contributed by atoms with Crippen LogP contribution in [0.15, 0.2) is 35.4 Å². The highest BCUT2D eigenvalue weighted by molar-refractivity contribution is 7.92. The van der Waals surface area contributed by atoms with Gasteiger partial charge < -0.3 is 20.3 Å². The highest BCUT2D eigenvalue weighted by Gasteiger charge is 2.24. The second-order valence-corrected chi connectivity index (χ2v) is 10.2. The van der Waals surface area contributed by atoms with Crippen molar-refractivity contribution in [2.75, 3.05) is 49.0 Å². The maximum atomic E-state index is 13.3. The number of hydrogen-bond acceptors (Lipinski definition) is 7. The highest BCUT2D eigenvalue weighted by Crippen LogP contribution is 2.29. The Morgan fingerprint density at radius 1 is 1.24 bits per heavy atom. The van der Waals surface area contributed by atoms with Crippen LogP contribution < -0.4 is 20.3 Å². The Balaban J connectivity index is 1.63. The van der Waals surface area contributed by atoms with Crippen LogP contribution in [0.4, 0.5) is 11.5 Å². The second-order valence-electron chi connectivity index (χ2n) is 8.55. The fourth-order valence-corrected chi connectivity index (χ4v) is 5.48. The van der Waals surface area contributed by atoms with Gasteiger partial charge in [-0.05, 0) is 49.9 Å². The third-order valence-corrected chi connectivity index (χ3v) is 7.44. The molecule has 0 saturated carbocycles. The molecule has 2 aliphatic rings. The molecule has 2 saturated heterocycles. The molecule has 4 rings (SSSR count). The van der Waals surface area contributed by atoms with E-state index in [2.05, 4.69) is 20.3 Å². The monoisotopic (exact) mass is 473 g/mol. The summed E-state index contributed by atoms with van der Waals surface area (Å²) in [4.78, 5) is 19.5. The minimum Gasteiger partial charge on any atom is -0.376 e. The van der Waals surface area contributed by atoms with Gasteiger partial charge in [0.15, 0.2) is 5.82 Å². The van der Waals surface area contributed by atoms with Crippen LogP contribution in [0.5, 0.6) is 0 Å². The lowest BCUT2D eigenvalue weighted by atomic mass is 10.2. The first-order valence-electron chi connectivity index (χ1n) is 11.3. The summed E-state index contributed by atoms with van der Waals surface area (Å²) in [6, 6.07) is 6.88. The molecule has 2 aromatic rings. The van der Waals surface area contributed by atoms with Crippen molar-refractivity contribution in [3.8, 4) is 0 Å². The number of benzene rings is 1. The summed E-state index contributed by atoms with van der Waals surface area (Å²) in [5.74, 6) is 0.207. The van der Waals surface area contributed by atoms with Crippen LogP contribution >= 0.6 is 0 Å². The number of ether oxygens (including phenoxy) is 1. The average molecular weight is 474 g/mol. The maximum Gasteiger partial charge on any atom is 0.262 e. The number of aryl methyl sites for hydroxylation is 2. The maximum absolute atomic E-state index is 13.3. The van der Waals surface area contributed by atoms with Gasteiger partial charge >= 0.3 is 0 Å². The van der Waals surface area contributed by atoms with E-state index < -0.39 is 10.0 Å². The van der Waals surface area contributed by atoms with Crippen molar-refractivity contribution < 1.29 is 17.9 Å². The summed E-state index contributed by atoms with van der Waals surface area (Å²) < 4.78 is 34.9. The zero-order valence-corrected chi connectivity index (χ0v) is 19.9. The van der Waals surface area contributed by atoms with E-state index in [9.17, 15) is 13.2 Å². The number of aromatic nitrogens is 1. The number of amides is 1. The van der Waals surface area contributed by atoms with Gasteiger partial charge in [-0.2, -0.15) is 0 Å². The first-order valence-corrected chi connectivity index (χ1v) is 12.8. The van der Waals surface area contributed by atoms with E-state index in [4.69, 9.17) is 4.74 Å². The largest absolute Gasteiger partial charge is 0.376 e. The summed E-state index contributed by atoms with van der Waals surface area (Å²) in [7, 11) is -3.88. The topological polar surface area (TPSA) is 113 Å². The number of nitrogens with one attached hydrogen (secondary N) is 3. The lowest BCUT2D eigenvalue weighted by Crippen LogP contribution is -2.44. The fourth-order valence-electron chi connectivity index (χ4n) is 4.10. The molecule has 178 valence electrons. The Morgan fingerprint density at radius 2 is 2.03 bits per heavy atom. The molecule has 0 spiro atoms. The quantitative estimate of drug-likeness (QED) is 0.562. The van der Waals surface area contributed by atoms with Crippen LogP contribution in [0.25, 0.3) is 0 Å². The van der Waals surface area contributed by atoms with Crippen LogP contribution in [0.1, 0.15) is 34.3 Å². The van der Waals surface area contributed by atoms with Crippen molar-refractivity contribution >= 4 is 27.4 Å². The van der Waals surface area contributed by atoms with Crippen LogP contribution in [0.2, 0.25) is 0 Å². The summed E-state index contributed by atoms with van der Waals surface area (Å²) in [6.07, 6.45) is 3.43. The number of carbonyl (C=O) groups excluding carboxylic acids is 1. The molecule has 1 unspecified atom stereocenters. The normalized spacial score (nSPS) is 18.8. The number of hydrogen-bond donors (Lipinski definition) is 3. The van der Waals surface area contributed by atoms with Crippen LogP contribution in [-0.2, 0) is 14.8 Å². The fraction of sp³-hybridized carbons (Fsp3) is 0.478. The van der Waals surface area contributed by atoms with E-state index in [0.29, 0.717) is 48.9 Å². The lowest BCUT2D eigenvalue weighted by Gasteiger charge is -2.30. The van der Waals surface area contributed by atoms with Crippen LogP contribution in [0.3, 0.4) is 0 Å². The number of rotatable bonds is 7. The Morgan fingerprint density at radius 3 is 2.76 bits per heavy atom. The second kappa shape index (κ2) is 10.1. The summed E-state index contributed by atoms with van der Waals surface area (Å²) in [5.41, 5.74) is 2.09. The standard InChI is InChI=1S/C23H31N5O4S/c1-16-5-6-17(2)21(12-16)33(30,31)27-20-13-18(23(29)26-15-19-4-3-11-32-19)14-25-22(20)28-9-7-24-8-10-28/h5-6,12-14,19,24,27H,3-4,7-11,15H2,1-2H3,(H,26,29). The first-order chi connectivity index (χ1) is 15.8. The van der Waals surface area contributed by atoms with E-state index in [1.54, 1.807) is 25.1 Å². The number of pyridine rings is 1. The summed E-state index contributed by atoms with van der Waals surface area (Å²) in [6.45, 7) is 7.67. The third kappa shape index (κ3) is 5.63. The first kappa shape index (κ1) is 23.5. The number of carbonyl (C=O) groups is 1. The molecule has 1 aromatic heterocycles. The summed E-state index contributed by atoms with van der Waals surface area (Å²) >= 11 is 0. The van der Waals surface area contributed by atoms with Crippen molar-refractivity contribution in [1.82, 2.24) is 15.6 Å². The van der Waals surface area contributed by atoms with Crippen LogP contribution in [-0.4, -0.2) is 64.7 Å². The average Bonchev–Trinajstić information content (AvgIpc) is 3.33. The van der Waals surface area contributed by atoms with Gasteiger partial charge in [0.2, 0.25) is 0 Å². The van der Waals surface area contributed by atoms with Crippen molar-refractivity contribution in [3.63, 3.8) is 0 Å². The Labute approximate surface area is 195 Å².